The van der Waals surface area contributed by atoms with Gasteiger partial charge in [-0.1, -0.05) is 30.3 Å². The van der Waals surface area contributed by atoms with Crippen LogP contribution in [-0.2, 0) is 11.2 Å². The van der Waals surface area contributed by atoms with E-state index >= 15 is 0 Å². The summed E-state index contributed by atoms with van der Waals surface area (Å²) in [5, 5.41) is 0. The van der Waals surface area contributed by atoms with Crippen LogP contribution in [0.1, 0.15) is 68.4 Å². The Morgan fingerprint density at radius 1 is 1.10 bits per heavy atom. The van der Waals surface area contributed by atoms with E-state index in [0.29, 0.717) is 18.4 Å². The summed E-state index contributed by atoms with van der Waals surface area (Å²) in [6.07, 6.45) is 4.37. The molecule has 2 aliphatic heterocycles. The minimum Gasteiger partial charge on any atom is -0.342 e. The fourth-order valence-corrected chi connectivity index (χ4v) is 4.90. The minimum atomic E-state index is -0.0516. The van der Waals surface area contributed by atoms with Gasteiger partial charge in [-0.05, 0) is 51.6 Å². The third kappa shape index (κ3) is 5.42. The summed E-state index contributed by atoms with van der Waals surface area (Å²) in [4.78, 5) is 37.4. The number of piperidine rings is 2. The monoisotopic (exact) mass is 422 g/mol. The second-order valence-corrected chi connectivity index (χ2v) is 9.30. The van der Waals surface area contributed by atoms with Gasteiger partial charge in [-0.15, -0.1) is 0 Å². The molecular formula is C25H34N4O2. The van der Waals surface area contributed by atoms with Crippen LogP contribution >= 0.6 is 0 Å². The van der Waals surface area contributed by atoms with Crippen molar-refractivity contribution >= 4 is 5.91 Å². The lowest BCUT2D eigenvalue weighted by atomic mass is 9.92. The highest BCUT2D eigenvalue weighted by molar-refractivity contribution is 5.78. The first-order valence-electron chi connectivity index (χ1n) is 11.7. The molecule has 0 bridgehead atoms. The maximum atomic E-state index is 12.7. The smallest absolute Gasteiger partial charge is 0.251 e. The molecule has 6 heteroatoms. The highest BCUT2D eigenvalue weighted by atomic mass is 16.2. The van der Waals surface area contributed by atoms with Crippen molar-refractivity contribution in [3.8, 4) is 0 Å². The summed E-state index contributed by atoms with van der Waals surface area (Å²) in [6.45, 7) is 7.99. The van der Waals surface area contributed by atoms with Crippen molar-refractivity contribution in [2.24, 2.45) is 0 Å². The number of amides is 1. The summed E-state index contributed by atoms with van der Waals surface area (Å²) in [5.74, 6) is 1.51. The molecule has 2 aliphatic rings. The van der Waals surface area contributed by atoms with E-state index in [1.54, 1.807) is 6.07 Å². The van der Waals surface area contributed by atoms with Crippen molar-refractivity contribution in [2.75, 3.05) is 26.2 Å². The van der Waals surface area contributed by atoms with Crippen LogP contribution in [0.15, 0.2) is 41.2 Å². The highest BCUT2D eigenvalue weighted by Gasteiger charge is 2.28. The Hall–Kier alpha value is -2.47. The number of rotatable bonds is 5. The summed E-state index contributed by atoms with van der Waals surface area (Å²) >= 11 is 0. The number of nitrogens with zero attached hydrogens (tertiary/aromatic N) is 3. The molecule has 4 rings (SSSR count). The van der Waals surface area contributed by atoms with E-state index < -0.39 is 0 Å². The fraction of sp³-hybridized carbons (Fsp3) is 0.560. The molecule has 0 saturated carbocycles. The lowest BCUT2D eigenvalue weighted by molar-refractivity contribution is -0.131. The van der Waals surface area contributed by atoms with E-state index in [2.05, 4.69) is 23.7 Å². The van der Waals surface area contributed by atoms with Gasteiger partial charge < -0.3 is 14.8 Å². The van der Waals surface area contributed by atoms with Gasteiger partial charge in [0.25, 0.3) is 5.56 Å². The maximum Gasteiger partial charge on any atom is 0.251 e. The van der Waals surface area contributed by atoms with Gasteiger partial charge in [0.1, 0.15) is 5.82 Å². The molecule has 2 saturated heterocycles. The first kappa shape index (κ1) is 21.8. The van der Waals surface area contributed by atoms with Crippen molar-refractivity contribution in [3.05, 3.63) is 63.8 Å². The molecule has 0 spiro atoms. The van der Waals surface area contributed by atoms with E-state index in [1.807, 2.05) is 35.2 Å². The number of nitrogens with one attached hydrogen (secondary N) is 1. The average molecular weight is 423 g/mol. The Kier molecular flexibility index (Phi) is 6.86. The maximum absolute atomic E-state index is 12.7. The van der Waals surface area contributed by atoms with Gasteiger partial charge in [0.2, 0.25) is 5.91 Å². The molecular weight excluding hydrogens is 388 g/mol. The fourth-order valence-electron chi connectivity index (χ4n) is 4.90. The second kappa shape index (κ2) is 9.77. The SMILES string of the molecule is CC(C)N1CCCC(c2cc(=O)[nH]c(C3CCN(C(=O)Cc4ccccc4)CC3)n2)C1. The number of carbonyl (C=O) groups is 1. The van der Waals surface area contributed by atoms with Crippen LogP contribution in [0.5, 0.6) is 0 Å². The highest BCUT2D eigenvalue weighted by Crippen LogP contribution is 2.29. The molecule has 31 heavy (non-hydrogen) atoms. The molecule has 3 heterocycles. The zero-order chi connectivity index (χ0) is 21.8. The molecule has 1 aromatic heterocycles. The standard InChI is InChI=1S/C25H34N4O2/c1-18(2)29-12-6-9-21(17-29)22-16-23(30)27-25(26-22)20-10-13-28(14-11-20)24(31)15-19-7-4-3-5-8-19/h3-5,7-8,16,18,20-21H,6,9-15,17H2,1-2H3,(H,26,27,30). The van der Waals surface area contributed by atoms with E-state index in [4.69, 9.17) is 4.98 Å². The van der Waals surface area contributed by atoms with Gasteiger partial charge >= 0.3 is 0 Å². The van der Waals surface area contributed by atoms with Gasteiger partial charge in [0.15, 0.2) is 0 Å². The van der Waals surface area contributed by atoms with Crippen LogP contribution in [0.2, 0.25) is 0 Å². The number of hydrogen-bond acceptors (Lipinski definition) is 4. The van der Waals surface area contributed by atoms with Crippen LogP contribution in [0.25, 0.3) is 0 Å². The predicted molar refractivity (Wildman–Crippen MR) is 122 cm³/mol. The van der Waals surface area contributed by atoms with Crippen molar-refractivity contribution < 1.29 is 4.79 Å². The summed E-state index contributed by atoms with van der Waals surface area (Å²) in [6, 6.07) is 12.1. The number of hydrogen-bond donors (Lipinski definition) is 1. The van der Waals surface area contributed by atoms with Gasteiger partial charge in [-0.25, -0.2) is 4.98 Å². The van der Waals surface area contributed by atoms with Crippen LogP contribution in [0, 0.1) is 0 Å². The summed E-state index contributed by atoms with van der Waals surface area (Å²) < 4.78 is 0. The minimum absolute atomic E-state index is 0.0516. The van der Waals surface area contributed by atoms with Gasteiger partial charge in [-0.2, -0.15) is 0 Å². The summed E-state index contributed by atoms with van der Waals surface area (Å²) in [7, 11) is 0. The second-order valence-electron chi connectivity index (χ2n) is 9.30. The molecule has 2 fully saturated rings. The quantitative estimate of drug-likeness (QED) is 0.803. The Labute approximate surface area is 184 Å². The van der Waals surface area contributed by atoms with E-state index in [1.165, 1.54) is 0 Å². The molecule has 1 aromatic carbocycles. The number of likely N-dealkylation sites (tertiary alicyclic amines) is 2. The Balaban J connectivity index is 1.39. The van der Waals surface area contributed by atoms with Gasteiger partial charge in [-0.3, -0.25) is 9.59 Å². The third-order valence-electron chi connectivity index (χ3n) is 6.81. The number of aromatic amines is 1. The molecule has 1 N–H and O–H groups in total. The van der Waals surface area contributed by atoms with Crippen molar-refractivity contribution in [2.45, 2.75) is 63.8 Å². The van der Waals surface area contributed by atoms with Gasteiger partial charge in [0, 0.05) is 43.6 Å². The Morgan fingerprint density at radius 2 is 1.84 bits per heavy atom. The van der Waals surface area contributed by atoms with Crippen LogP contribution in [0.4, 0.5) is 0 Å². The van der Waals surface area contributed by atoms with E-state index in [0.717, 1.165) is 68.9 Å². The largest absolute Gasteiger partial charge is 0.342 e. The van der Waals surface area contributed by atoms with E-state index in [9.17, 15) is 9.59 Å². The lowest BCUT2D eigenvalue weighted by Gasteiger charge is -2.35. The Morgan fingerprint density at radius 3 is 2.55 bits per heavy atom. The predicted octanol–water partition coefficient (Wildman–Crippen LogP) is 3.31. The molecule has 0 radical (unpaired) electrons. The number of benzene rings is 1. The van der Waals surface area contributed by atoms with Crippen LogP contribution in [-0.4, -0.2) is 57.9 Å². The number of aromatic nitrogens is 2. The molecule has 166 valence electrons. The van der Waals surface area contributed by atoms with E-state index in [-0.39, 0.29) is 17.4 Å². The molecule has 1 amide bonds. The van der Waals surface area contributed by atoms with Gasteiger partial charge in [0.05, 0.1) is 12.1 Å². The average Bonchev–Trinajstić information content (AvgIpc) is 2.79. The zero-order valence-corrected chi connectivity index (χ0v) is 18.7. The molecule has 6 nitrogen and oxygen atoms in total. The third-order valence-corrected chi connectivity index (χ3v) is 6.81. The number of carbonyl (C=O) groups excluding carboxylic acids is 1. The number of H-pyrrole nitrogens is 1. The van der Waals surface area contributed by atoms with Crippen molar-refractivity contribution in [1.82, 2.24) is 19.8 Å². The molecule has 0 aliphatic carbocycles. The first-order valence-corrected chi connectivity index (χ1v) is 11.7. The van der Waals surface area contributed by atoms with Crippen LogP contribution in [0.3, 0.4) is 0 Å². The van der Waals surface area contributed by atoms with Crippen molar-refractivity contribution in [3.63, 3.8) is 0 Å². The molecule has 1 atom stereocenters. The van der Waals surface area contributed by atoms with Crippen LogP contribution < -0.4 is 5.56 Å². The topological polar surface area (TPSA) is 69.3 Å². The zero-order valence-electron chi connectivity index (χ0n) is 18.7. The Bertz CT molecular complexity index is 932. The van der Waals surface area contributed by atoms with Crippen molar-refractivity contribution in [1.29, 1.82) is 0 Å². The summed E-state index contributed by atoms with van der Waals surface area (Å²) in [5.41, 5.74) is 1.94. The normalized spacial score (nSPS) is 20.9. The molecule has 1 unspecified atom stereocenters. The lowest BCUT2D eigenvalue weighted by Crippen LogP contribution is -2.40. The first-order chi connectivity index (χ1) is 15.0. The molecule has 2 aromatic rings.